The van der Waals surface area contributed by atoms with Gasteiger partial charge in [0.15, 0.2) is 0 Å². The standard InChI is InChI=1S/C26H32N4O4/c1-18-17-28(13-14-29(18)25(31)20-9-11-21(34-4)12-10-20)19(2)24-27-23-8-6-5-7-22(23)26(32)30(24)15-16-33-3/h5-12,18-19H,13-17H2,1-4H3. The Labute approximate surface area is 199 Å². The molecule has 2 unspecified atom stereocenters. The maximum atomic E-state index is 13.2. The fourth-order valence-electron chi connectivity index (χ4n) is 4.60. The number of nitrogens with zero attached hydrogens (tertiary/aromatic N) is 4. The van der Waals surface area contributed by atoms with Crippen LogP contribution in [0, 0.1) is 0 Å². The highest BCUT2D eigenvalue weighted by atomic mass is 16.5. The van der Waals surface area contributed by atoms with Gasteiger partial charge in [0, 0.05) is 38.3 Å². The lowest BCUT2D eigenvalue weighted by Crippen LogP contribution is -2.54. The third-order valence-corrected chi connectivity index (χ3v) is 6.59. The van der Waals surface area contributed by atoms with Gasteiger partial charge in [0.25, 0.3) is 11.5 Å². The molecule has 8 nitrogen and oxygen atoms in total. The number of carbonyl (C=O) groups excluding carboxylic acids is 1. The Hall–Kier alpha value is -3.23. The Morgan fingerprint density at radius 2 is 1.85 bits per heavy atom. The molecule has 0 radical (unpaired) electrons. The summed E-state index contributed by atoms with van der Waals surface area (Å²) in [5, 5.41) is 0.609. The van der Waals surface area contributed by atoms with Crippen LogP contribution in [0.4, 0.5) is 0 Å². The molecule has 0 bridgehead atoms. The number of para-hydroxylation sites is 1. The topological polar surface area (TPSA) is 76.9 Å². The van der Waals surface area contributed by atoms with Gasteiger partial charge < -0.3 is 14.4 Å². The Balaban J connectivity index is 1.56. The molecule has 1 saturated heterocycles. The van der Waals surface area contributed by atoms with Crippen molar-refractivity contribution in [1.29, 1.82) is 0 Å². The van der Waals surface area contributed by atoms with Crippen LogP contribution in [0.15, 0.2) is 53.3 Å². The molecule has 1 fully saturated rings. The second-order valence-corrected chi connectivity index (χ2v) is 8.68. The van der Waals surface area contributed by atoms with E-state index in [2.05, 4.69) is 18.7 Å². The van der Waals surface area contributed by atoms with E-state index in [9.17, 15) is 9.59 Å². The predicted octanol–water partition coefficient (Wildman–Crippen LogP) is 2.96. The summed E-state index contributed by atoms with van der Waals surface area (Å²) in [6.07, 6.45) is 0. The van der Waals surface area contributed by atoms with E-state index < -0.39 is 0 Å². The zero-order valence-corrected chi connectivity index (χ0v) is 20.2. The van der Waals surface area contributed by atoms with Crippen molar-refractivity contribution in [3.63, 3.8) is 0 Å². The average molecular weight is 465 g/mol. The van der Waals surface area contributed by atoms with Crippen LogP contribution >= 0.6 is 0 Å². The summed E-state index contributed by atoms with van der Waals surface area (Å²) in [4.78, 5) is 35.4. The number of benzene rings is 2. The van der Waals surface area contributed by atoms with Crippen molar-refractivity contribution in [1.82, 2.24) is 19.4 Å². The number of rotatable bonds is 7. The number of aromatic nitrogens is 2. The Kier molecular flexibility index (Phi) is 7.29. The molecule has 180 valence electrons. The van der Waals surface area contributed by atoms with Gasteiger partial charge in [0.2, 0.25) is 0 Å². The molecular weight excluding hydrogens is 432 g/mol. The van der Waals surface area contributed by atoms with E-state index in [-0.39, 0.29) is 23.6 Å². The molecule has 0 aliphatic carbocycles. The summed E-state index contributed by atoms with van der Waals surface area (Å²) in [5.41, 5.74) is 1.30. The molecule has 34 heavy (non-hydrogen) atoms. The summed E-state index contributed by atoms with van der Waals surface area (Å²) in [6, 6.07) is 14.6. The van der Waals surface area contributed by atoms with Gasteiger partial charge in [-0.2, -0.15) is 0 Å². The molecule has 2 aromatic carbocycles. The van der Waals surface area contributed by atoms with Crippen LogP contribution in [0.5, 0.6) is 5.75 Å². The number of hydrogen-bond acceptors (Lipinski definition) is 6. The van der Waals surface area contributed by atoms with E-state index in [0.717, 1.165) is 11.6 Å². The van der Waals surface area contributed by atoms with E-state index in [1.54, 1.807) is 43.1 Å². The van der Waals surface area contributed by atoms with Crippen molar-refractivity contribution in [3.05, 3.63) is 70.3 Å². The molecule has 0 N–H and O–H groups in total. The molecule has 2 heterocycles. The van der Waals surface area contributed by atoms with Gasteiger partial charge in [-0.25, -0.2) is 4.98 Å². The summed E-state index contributed by atoms with van der Waals surface area (Å²) in [7, 11) is 3.24. The first-order chi connectivity index (χ1) is 16.4. The number of piperazine rings is 1. The number of carbonyl (C=O) groups is 1. The summed E-state index contributed by atoms with van der Waals surface area (Å²) >= 11 is 0. The highest BCUT2D eigenvalue weighted by Gasteiger charge is 2.32. The third-order valence-electron chi connectivity index (χ3n) is 6.59. The van der Waals surface area contributed by atoms with Gasteiger partial charge in [-0.15, -0.1) is 0 Å². The molecule has 1 amide bonds. The number of methoxy groups -OCH3 is 2. The van der Waals surface area contributed by atoms with Crippen LogP contribution in [0.2, 0.25) is 0 Å². The first-order valence-electron chi connectivity index (χ1n) is 11.6. The first-order valence-corrected chi connectivity index (χ1v) is 11.6. The van der Waals surface area contributed by atoms with Crippen LogP contribution in [-0.4, -0.2) is 71.8 Å². The maximum Gasteiger partial charge on any atom is 0.261 e. The van der Waals surface area contributed by atoms with Crippen LogP contribution in [-0.2, 0) is 11.3 Å². The average Bonchev–Trinajstić information content (AvgIpc) is 2.87. The first kappa shape index (κ1) is 23.9. The number of ether oxygens (including phenoxy) is 2. The third kappa shape index (κ3) is 4.69. The van der Waals surface area contributed by atoms with Gasteiger partial charge in [-0.3, -0.25) is 19.1 Å². The van der Waals surface area contributed by atoms with E-state index in [4.69, 9.17) is 14.5 Å². The normalized spacial score (nSPS) is 17.6. The van der Waals surface area contributed by atoms with Crippen LogP contribution in [0.3, 0.4) is 0 Å². The van der Waals surface area contributed by atoms with E-state index in [1.165, 1.54) is 0 Å². The van der Waals surface area contributed by atoms with Crippen LogP contribution < -0.4 is 10.3 Å². The fraction of sp³-hybridized carbons (Fsp3) is 0.423. The highest BCUT2D eigenvalue weighted by Crippen LogP contribution is 2.24. The molecule has 0 saturated carbocycles. The molecule has 3 aromatic rings. The van der Waals surface area contributed by atoms with Crippen molar-refractivity contribution in [2.75, 3.05) is 40.5 Å². The zero-order valence-electron chi connectivity index (χ0n) is 20.2. The lowest BCUT2D eigenvalue weighted by Gasteiger charge is -2.42. The van der Waals surface area contributed by atoms with E-state index in [1.807, 2.05) is 29.2 Å². The number of fused-ring (bicyclic) bond motifs is 1. The minimum atomic E-state index is -0.0881. The SMILES string of the molecule is COCCn1c(C(C)N2CCN(C(=O)c3ccc(OC)cc3)C(C)C2)nc2ccccc2c1=O. The second-order valence-electron chi connectivity index (χ2n) is 8.68. The molecule has 1 aliphatic rings. The van der Waals surface area contributed by atoms with Crippen molar-refractivity contribution in [2.24, 2.45) is 0 Å². The van der Waals surface area contributed by atoms with Crippen LogP contribution in [0.25, 0.3) is 10.9 Å². The van der Waals surface area contributed by atoms with Gasteiger partial charge in [-0.05, 0) is 50.2 Å². The Bertz CT molecular complexity index is 1210. The van der Waals surface area contributed by atoms with Crippen LogP contribution in [0.1, 0.15) is 36.1 Å². The van der Waals surface area contributed by atoms with Crippen molar-refractivity contribution in [3.8, 4) is 5.75 Å². The highest BCUT2D eigenvalue weighted by molar-refractivity contribution is 5.94. The second kappa shape index (κ2) is 10.4. The fourth-order valence-corrected chi connectivity index (χ4v) is 4.60. The Morgan fingerprint density at radius 3 is 2.53 bits per heavy atom. The molecule has 2 atom stereocenters. The summed E-state index contributed by atoms with van der Waals surface area (Å²) in [5.74, 6) is 1.47. The molecule has 1 aliphatic heterocycles. The maximum absolute atomic E-state index is 13.2. The molecule has 8 heteroatoms. The van der Waals surface area contributed by atoms with Crippen molar-refractivity contribution < 1.29 is 14.3 Å². The summed E-state index contributed by atoms with van der Waals surface area (Å²) < 4.78 is 12.2. The summed E-state index contributed by atoms with van der Waals surface area (Å²) in [6.45, 7) is 7.00. The number of amides is 1. The lowest BCUT2D eigenvalue weighted by atomic mass is 10.1. The van der Waals surface area contributed by atoms with Gasteiger partial charge in [0.1, 0.15) is 11.6 Å². The van der Waals surface area contributed by atoms with Gasteiger partial charge in [0.05, 0.1) is 37.2 Å². The minimum Gasteiger partial charge on any atom is -0.497 e. The zero-order chi connectivity index (χ0) is 24.2. The number of hydrogen-bond donors (Lipinski definition) is 0. The van der Waals surface area contributed by atoms with Crippen molar-refractivity contribution in [2.45, 2.75) is 32.5 Å². The quantitative estimate of drug-likeness (QED) is 0.535. The predicted molar refractivity (Wildman–Crippen MR) is 131 cm³/mol. The smallest absolute Gasteiger partial charge is 0.261 e. The molecule has 0 spiro atoms. The molecule has 4 rings (SSSR count). The Morgan fingerprint density at radius 1 is 1.12 bits per heavy atom. The monoisotopic (exact) mass is 464 g/mol. The van der Waals surface area contributed by atoms with E-state index >= 15 is 0 Å². The minimum absolute atomic E-state index is 0.0169. The van der Waals surface area contributed by atoms with E-state index in [0.29, 0.717) is 49.3 Å². The largest absolute Gasteiger partial charge is 0.497 e. The van der Waals surface area contributed by atoms with Gasteiger partial charge in [-0.1, -0.05) is 12.1 Å². The lowest BCUT2D eigenvalue weighted by molar-refractivity contribution is 0.0389. The molecular formula is C26H32N4O4. The van der Waals surface area contributed by atoms with Crippen molar-refractivity contribution >= 4 is 16.8 Å². The molecule has 1 aromatic heterocycles. The van der Waals surface area contributed by atoms with Gasteiger partial charge >= 0.3 is 0 Å².